The lowest BCUT2D eigenvalue weighted by molar-refractivity contribution is 0.0940. The summed E-state index contributed by atoms with van der Waals surface area (Å²) in [6, 6.07) is 3.92. The number of hydrogen-bond donors (Lipinski definition) is 1. The SMILES string of the molecule is Cc1cc(C(C)(C)C)cc(C)c1S(=O)(=O)Nc1cnn(C[C@@H]2CCCO2)c1. The molecule has 7 heteroatoms. The first kappa shape index (κ1) is 19.9. The van der Waals surface area contributed by atoms with E-state index in [-0.39, 0.29) is 11.5 Å². The highest BCUT2D eigenvalue weighted by Crippen LogP contribution is 2.30. The van der Waals surface area contributed by atoms with Gasteiger partial charge in [0.2, 0.25) is 0 Å². The molecule has 0 unspecified atom stereocenters. The average Bonchev–Trinajstić information content (AvgIpc) is 3.17. The predicted molar refractivity (Wildman–Crippen MR) is 107 cm³/mol. The minimum absolute atomic E-state index is 0.0330. The molecule has 6 nitrogen and oxygen atoms in total. The van der Waals surface area contributed by atoms with Gasteiger partial charge in [0, 0.05) is 12.8 Å². The fraction of sp³-hybridized carbons (Fsp3) is 0.550. The number of nitrogens with one attached hydrogen (secondary N) is 1. The normalized spacial score (nSPS) is 18.0. The van der Waals surface area contributed by atoms with E-state index in [0.29, 0.717) is 17.1 Å². The number of anilines is 1. The molecule has 0 saturated carbocycles. The van der Waals surface area contributed by atoms with Gasteiger partial charge in [-0.05, 0) is 48.8 Å². The van der Waals surface area contributed by atoms with Crippen LogP contribution in [0.4, 0.5) is 5.69 Å². The van der Waals surface area contributed by atoms with Crippen LogP contribution in [0, 0.1) is 13.8 Å². The van der Waals surface area contributed by atoms with Crippen molar-refractivity contribution in [2.75, 3.05) is 11.3 Å². The topological polar surface area (TPSA) is 73.2 Å². The van der Waals surface area contributed by atoms with Gasteiger partial charge in [-0.1, -0.05) is 32.9 Å². The Bertz CT molecular complexity index is 897. The van der Waals surface area contributed by atoms with Gasteiger partial charge in [0.15, 0.2) is 0 Å². The Morgan fingerprint density at radius 3 is 2.48 bits per heavy atom. The van der Waals surface area contributed by atoms with Gasteiger partial charge in [-0.15, -0.1) is 0 Å². The summed E-state index contributed by atoms with van der Waals surface area (Å²) in [5, 5.41) is 4.26. The number of sulfonamides is 1. The van der Waals surface area contributed by atoms with Gasteiger partial charge >= 0.3 is 0 Å². The zero-order valence-electron chi connectivity index (χ0n) is 16.7. The maximum Gasteiger partial charge on any atom is 0.262 e. The first-order valence-electron chi connectivity index (χ1n) is 9.35. The molecule has 0 bridgehead atoms. The third kappa shape index (κ3) is 4.52. The molecule has 0 radical (unpaired) electrons. The van der Waals surface area contributed by atoms with Crippen LogP contribution < -0.4 is 4.72 Å². The van der Waals surface area contributed by atoms with E-state index in [1.165, 1.54) is 0 Å². The van der Waals surface area contributed by atoms with Gasteiger partial charge in [0.25, 0.3) is 10.0 Å². The van der Waals surface area contributed by atoms with Crippen LogP contribution in [0.5, 0.6) is 0 Å². The standard InChI is InChI=1S/C20H29N3O3S/c1-14-9-16(20(3,4)5)10-15(2)19(14)27(24,25)22-17-11-21-23(12-17)13-18-7-6-8-26-18/h9-12,18,22H,6-8,13H2,1-5H3/t18-/m0/s1. The van der Waals surface area contributed by atoms with Crippen molar-refractivity contribution in [3.8, 4) is 0 Å². The second-order valence-corrected chi connectivity index (χ2v) is 10.00. The molecule has 1 atom stereocenters. The summed E-state index contributed by atoms with van der Waals surface area (Å²) >= 11 is 0. The van der Waals surface area contributed by atoms with Crippen molar-refractivity contribution < 1.29 is 13.2 Å². The van der Waals surface area contributed by atoms with Crippen LogP contribution in [0.25, 0.3) is 0 Å². The fourth-order valence-electron chi connectivity index (χ4n) is 3.53. The Morgan fingerprint density at radius 2 is 1.93 bits per heavy atom. The molecule has 1 aromatic carbocycles. The third-order valence-corrected chi connectivity index (χ3v) is 6.58. The molecule has 1 aliphatic rings. The minimum Gasteiger partial charge on any atom is -0.376 e. The number of aryl methyl sites for hydroxylation is 2. The van der Waals surface area contributed by atoms with E-state index in [2.05, 4.69) is 30.6 Å². The van der Waals surface area contributed by atoms with Crippen LogP contribution >= 0.6 is 0 Å². The Balaban J connectivity index is 1.82. The number of nitrogens with zero attached hydrogens (tertiary/aromatic N) is 2. The number of ether oxygens (including phenoxy) is 1. The minimum atomic E-state index is -3.69. The second kappa shape index (κ2) is 7.28. The van der Waals surface area contributed by atoms with E-state index in [0.717, 1.165) is 36.1 Å². The van der Waals surface area contributed by atoms with Crippen molar-refractivity contribution in [1.29, 1.82) is 0 Å². The van der Waals surface area contributed by atoms with E-state index in [1.54, 1.807) is 17.1 Å². The Labute approximate surface area is 162 Å². The van der Waals surface area contributed by atoms with E-state index in [4.69, 9.17) is 4.74 Å². The van der Waals surface area contributed by atoms with Crippen LogP contribution in [0.2, 0.25) is 0 Å². The zero-order valence-corrected chi connectivity index (χ0v) is 17.6. The lowest BCUT2D eigenvalue weighted by atomic mass is 9.85. The maximum atomic E-state index is 13.0. The van der Waals surface area contributed by atoms with Crippen LogP contribution in [0.1, 0.15) is 50.3 Å². The quantitative estimate of drug-likeness (QED) is 0.842. The van der Waals surface area contributed by atoms with Crippen LogP contribution in [-0.2, 0) is 26.7 Å². The monoisotopic (exact) mass is 391 g/mol. The Morgan fingerprint density at radius 1 is 1.26 bits per heavy atom. The van der Waals surface area contributed by atoms with Crippen molar-refractivity contribution in [1.82, 2.24) is 9.78 Å². The molecular weight excluding hydrogens is 362 g/mol. The van der Waals surface area contributed by atoms with Gasteiger partial charge in [-0.2, -0.15) is 5.10 Å². The molecule has 148 valence electrons. The van der Waals surface area contributed by atoms with E-state index >= 15 is 0 Å². The second-order valence-electron chi connectivity index (χ2n) is 8.38. The molecule has 1 saturated heterocycles. The smallest absolute Gasteiger partial charge is 0.262 e. The molecule has 0 spiro atoms. The van der Waals surface area contributed by atoms with Gasteiger partial charge in [-0.25, -0.2) is 8.42 Å². The lowest BCUT2D eigenvalue weighted by Crippen LogP contribution is -2.18. The molecule has 2 aromatic rings. The van der Waals surface area contributed by atoms with E-state index < -0.39 is 10.0 Å². The zero-order chi connectivity index (χ0) is 19.8. The van der Waals surface area contributed by atoms with Gasteiger partial charge < -0.3 is 4.74 Å². The Kier molecular flexibility index (Phi) is 5.36. The van der Waals surface area contributed by atoms with Gasteiger partial charge in [0.1, 0.15) is 0 Å². The molecule has 1 aromatic heterocycles. The first-order valence-corrected chi connectivity index (χ1v) is 10.8. The summed E-state index contributed by atoms with van der Waals surface area (Å²) in [7, 11) is -3.69. The van der Waals surface area contributed by atoms with Crippen molar-refractivity contribution >= 4 is 15.7 Å². The van der Waals surface area contributed by atoms with Gasteiger partial charge in [0.05, 0.1) is 29.4 Å². The lowest BCUT2D eigenvalue weighted by Gasteiger charge is -2.22. The Hall–Kier alpha value is -1.86. The number of rotatable bonds is 5. The number of hydrogen-bond acceptors (Lipinski definition) is 4. The number of benzene rings is 1. The van der Waals surface area contributed by atoms with Crippen LogP contribution in [0.15, 0.2) is 29.4 Å². The summed E-state index contributed by atoms with van der Waals surface area (Å²) in [5.74, 6) is 0. The van der Waals surface area contributed by atoms with Crippen molar-refractivity contribution in [3.05, 3.63) is 41.2 Å². The highest BCUT2D eigenvalue weighted by molar-refractivity contribution is 7.92. The molecule has 1 N–H and O–H groups in total. The van der Waals surface area contributed by atoms with Crippen LogP contribution in [0.3, 0.4) is 0 Å². The molecule has 2 heterocycles. The van der Waals surface area contributed by atoms with Gasteiger partial charge in [-0.3, -0.25) is 9.40 Å². The van der Waals surface area contributed by atoms with E-state index in [9.17, 15) is 8.42 Å². The van der Waals surface area contributed by atoms with Crippen LogP contribution in [-0.4, -0.2) is 30.9 Å². The summed E-state index contributed by atoms with van der Waals surface area (Å²) in [6.45, 7) is 11.5. The molecule has 1 aliphatic heterocycles. The predicted octanol–water partition coefficient (Wildman–Crippen LogP) is 3.78. The highest BCUT2D eigenvalue weighted by atomic mass is 32.2. The fourth-order valence-corrected chi connectivity index (χ4v) is 5.01. The van der Waals surface area contributed by atoms with Crippen molar-refractivity contribution in [2.45, 2.75) is 70.4 Å². The highest BCUT2D eigenvalue weighted by Gasteiger charge is 2.24. The molecule has 27 heavy (non-hydrogen) atoms. The summed E-state index contributed by atoms with van der Waals surface area (Å²) in [4.78, 5) is 0.336. The first-order chi connectivity index (χ1) is 12.6. The average molecular weight is 392 g/mol. The molecule has 0 aliphatic carbocycles. The molecule has 0 amide bonds. The largest absolute Gasteiger partial charge is 0.376 e. The summed E-state index contributed by atoms with van der Waals surface area (Å²) < 4.78 is 36.0. The third-order valence-electron chi connectivity index (χ3n) is 4.90. The molecule has 3 rings (SSSR count). The van der Waals surface area contributed by atoms with Crippen molar-refractivity contribution in [2.24, 2.45) is 0 Å². The maximum absolute atomic E-state index is 13.0. The molecule has 1 fully saturated rings. The van der Waals surface area contributed by atoms with E-state index in [1.807, 2.05) is 26.0 Å². The van der Waals surface area contributed by atoms with Crippen molar-refractivity contribution in [3.63, 3.8) is 0 Å². The molecular formula is C20H29N3O3S. The summed E-state index contributed by atoms with van der Waals surface area (Å²) in [6.07, 6.45) is 5.49. The number of aromatic nitrogens is 2. The summed E-state index contributed by atoms with van der Waals surface area (Å²) in [5.41, 5.74) is 3.06.